The molecule has 1 aliphatic carbocycles. The quantitative estimate of drug-likeness (QED) is 0.642. The Balaban J connectivity index is 1.63. The highest BCUT2D eigenvalue weighted by atomic mass is 19.4. The summed E-state index contributed by atoms with van der Waals surface area (Å²) in [5.74, 6) is 0.328. The zero-order valence-electron chi connectivity index (χ0n) is 14.1. The minimum atomic E-state index is -4.70. The summed E-state index contributed by atoms with van der Waals surface area (Å²) >= 11 is 0. The van der Waals surface area contributed by atoms with E-state index in [9.17, 15) is 13.2 Å². The summed E-state index contributed by atoms with van der Waals surface area (Å²) in [5, 5.41) is 2.91. The summed E-state index contributed by atoms with van der Waals surface area (Å²) in [6, 6.07) is 5.44. The number of hydrogen-bond acceptors (Lipinski definition) is 3. The minimum absolute atomic E-state index is 0.0677. The van der Waals surface area contributed by atoms with Crippen LogP contribution in [0.2, 0.25) is 0 Å². The van der Waals surface area contributed by atoms with Gasteiger partial charge in [-0.2, -0.15) is 0 Å². The Labute approximate surface area is 144 Å². The van der Waals surface area contributed by atoms with Gasteiger partial charge in [0.2, 0.25) is 0 Å². The van der Waals surface area contributed by atoms with Gasteiger partial charge in [-0.3, -0.25) is 0 Å². The number of aliphatic imine (C=N–C) groups is 1. The Morgan fingerprint density at radius 3 is 2.64 bits per heavy atom. The molecule has 1 aromatic carbocycles. The zero-order valence-corrected chi connectivity index (χ0v) is 14.1. The van der Waals surface area contributed by atoms with Gasteiger partial charge in [-0.05, 0) is 37.1 Å². The van der Waals surface area contributed by atoms with Crippen molar-refractivity contribution in [3.05, 3.63) is 24.3 Å². The average Bonchev–Trinajstić information content (AvgIpc) is 2.53. The van der Waals surface area contributed by atoms with Gasteiger partial charge in [0.05, 0.1) is 12.1 Å². The van der Waals surface area contributed by atoms with Crippen LogP contribution in [0, 0.1) is 11.3 Å². The molecule has 3 unspecified atom stereocenters. The third kappa shape index (κ3) is 3.84. The van der Waals surface area contributed by atoms with E-state index in [1.54, 1.807) is 0 Å². The maximum absolute atomic E-state index is 12.2. The molecule has 8 heteroatoms. The molecule has 0 radical (unpaired) electrons. The molecule has 1 aliphatic heterocycles. The maximum atomic E-state index is 12.2. The first kappa shape index (κ1) is 17.8. The summed E-state index contributed by atoms with van der Waals surface area (Å²) in [6.45, 7) is 5.02. The molecule has 25 heavy (non-hydrogen) atoms. The van der Waals surface area contributed by atoms with Crippen molar-refractivity contribution in [1.82, 2.24) is 0 Å². The lowest BCUT2D eigenvalue weighted by molar-refractivity contribution is -0.274. The van der Waals surface area contributed by atoms with Crippen LogP contribution in [-0.4, -0.2) is 31.1 Å². The van der Waals surface area contributed by atoms with Gasteiger partial charge in [0.25, 0.3) is 0 Å². The fourth-order valence-corrected chi connectivity index (χ4v) is 3.83. The summed E-state index contributed by atoms with van der Waals surface area (Å²) < 4.78 is 46.2. The van der Waals surface area contributed by atoms with Gasteiger partial charge in [-0.15, -0.1) is 13.2 Å². The Hall–Kier alpha value is -1.96. The van der Waals surface area contributed by atoms with Crippen molar-refractivity contribution in [3.63, 3.8) is 0 Å². The predicted octanol–water partition coefficient (Wildman–Crippen LogP) is 3.52. The van der Waals surface area contributed by atoms with E-state index in [4.69, 9.17) is 10.5 Å². The van der Waals surface area contributed by atoms with Gasteiger partial charge >= 0.3 is 6.36 Å². The molecule has 1 saturated carbocycles. The summed E-state index contributed by atoms with van der Waals surface area (Å²) in [4.78, 5) is 4.59. The molecule has 2 aliphatic rings. The van der Waals surface area contributed by atoms with Crippen LogP contribution in [0.3, 0.4) is 0 Å². The number of nitrogens with zero attached hydrogens (tertiary/aromatic N) is 1. The van der Waals surface area contributed by atoms with Crippen molar-refractivity contribution in [3.8, 4) is 5.75 Å². The molecule has 3 atom stereocenters. The van der Waals surface area contributed by atoms with Crippen LogP contribution >= 0.6 is 0 Å². The molecule has 3 rings (SSSR count). The summed E-state index contributed by atoms with van der Waals surface area (Å²) in [7, 11) is 0. The summed E-state index contributed by atoms with van der Waals surface area (Å²) in [6.07, 6.45) is -2.40. The van der Waals surface area contributed by atoms with Gasteiger partial charge in [0, 0.05) is 23.6 Å². The number of anilines is 1. The molecule has 1 aromatic rings. The van der Waals surface area contributed by atoms with Crippen molar-refractivity contribution in [1.29, 1.82) is 0 Å². The van der Waals surface area contributed by atoms with Crippen molar-refractivity contribution in [2.75, 3.05) is 11.9 Å². The lowest BCUT2D eigenvalue weighted by Crippen LogP contribution is -2.64. The van der Waals surface area contributed by atoms with E-state index in [0.29, 0.717) is 11.6 Å². The fourth-order valence-electron chi connectivity index (χ4n) is 3.83. The number of nitrogens with two attached hydrogens (primary N) is 1. The Morgan fingerprint density at radius 2 is 2.00 bits per heavy atom. The van der Waals surface area contributed by atoms with Crippen LogP contribution in [0.1, 0.15) is 26.7 Å². The van der Waals surface area contributed by atoms with Crippen LogP contribution < -0.4 is 15.8 Å². The second-order valence-corrected chi connectivity index (χ2v) is 7.08. The topological polar surface area (TPSA) is 68.9 Å². The number of benzene rings is 1. The van der Waals surface area contributed by atoms with Crippen LogP contribution in [0.4, 0.5) is 18.9 Å². The van der Waals surface area contributed by atoms with E-state index in [2.05, 4.69) is 28.9 Å². The van der Waals surface area contributed by atoms with E-state index in [1.165, 1.54) is 24.3 Å². The van der Waals surface area contributed by atoms with E-state index < -0.39 is 6.36 Å². The molecule has 138 valence electrons. The first-order valence-corrected chi connectivity index (χ1v) is 8.24. The molecule has 0 bridgehead atoms. The number of guanidine groups is 1. The third-order valence-electron chi connectivity index (χ3n) is 4.91. The Morgan fingerprint density at radius 1 is 1.32 bits per heavy atom. The second kappa shape index (κ2) is 6.40. The van der Waals surface area contributed by atoms with Crippen molar-refractivity contribution in [2.24, 2.45) is 22.1 Å². The lowest BCUT2D eigenvalue weighted by Gasteiger charge is -2.58. The third-order valence-corrected chi connectivity index (χ3v) is 4.91. The van der Waals surface area contributed by atoms with Gasteiger partial charge in [0.15, 0.2) is 5.96 Å². The molecule has 1 heterocycles. The zero-order chi connectivity index (χ0) is 18.2. The van der Waals surface area contributed by atoms with Crippen molar-refractivity contribution in [2.45, 2.75) is 45.2 Å². The molecule has 0 spiro atoms. The second-order valence-electron chi connectivity index (χ2n) is 7.08. The lowest BCUT2D eigenvalue weighted by atomic mass is 9.55. The molecule has 0 amide bonds. The molecular weight excluding hydrogens is 335 g/mol. The minimum Gasteiger partial charge on any atom is -0.406 e. The fraction of sp³-hybridized carbons (Fsp3) is 0.588. The van der Waals surface area contributed by atoms with E-state index in [0.717, 1.165) is 19.4 Å². The van der Waals surface area contributed by atoms with Gasteiger partial charge < -0.3 is 20.5 Å². The molecule has 2 fully saturated rings. The van der Waals surface area contributed by atoms with E-state index in [1.807, 2.05) is 0 Å². The van der Waals surface area contributed by atoms with E-state index in [-0.39, 0.29) is 29.3 Å². The van der Waals surface area contributed by atoms with Crippen LogP contribution in [0.15, 0.2) is 29.3 Å². The number of rotatable bonds is 3. The monoisotopic (exact) mass is 357 g/mol. The summed E-state index contributed by atoms with van der Waals surface area (Å²) in [5.41, 5.74) is 6.45. The number of alkyl halides is 3. The number of ether oxygens (including phenoxy) is 2. The number of fused-ring (bicyclic) bond motifs is 1. The van der Waals surface area contributed by atoms with Crippen LogP contribution in [0.5, 0.6) is 5.75 Å². The van der Waals surface area contributed by atoms with Crippen molar-refractivity contribution < 1.29 is 22.6 Å². The normalized spacial score (nSPS) is 28.7. The number of hydrogen-bond donors (Lipinski definition) is 2. The highest BCUT2D eigenvalue weighted by Gasteiger charge is 2.58. The molecule has 0 aromatic heterocycles. The number of nitrogens with one attached hydrogen (secondary N) is 1. The first-order chi connectivity index (χ1) is 11.7. The highest BCUT2D eigenvalue weighted by molar-refractivity contribution is 5.92. The first-order valence-electron chi connectivity index (χ1n) is 8.24. The molecule has 5 nitrogen and oxygen atoms in total. The Kier molecular flexibility index (Phi) is 4.57. The van der Waals surface area contributed by atoms with Gasteiger partial charge in [-0.25, -0.2) is 4.99 Å². The standard InChI is InChI=1S/C17H22F3N3O2/c1-16(2)13(12-4-3-9-24-14(12)16)23-15(21)22-10-5-7-11(8-6-10)25-17(18,19)20/h5-8,12-14H,3-4,9H2,1-2H3,(H3,21,22,23). The SMILES string of the molecule is CC1(C)C(N=C(N)Nc2ccc(OC(F)(F)F)cc2)C2CCCOC21. The van der Waals surface area contributed by atoms with Crippen molar-refractivity contribution >= 4 is 11.6 Å². The molecule has 3 N–H and O–H groups in total. The van der Waals surface area contributed by atoms with Crippen LogP contribution in [0.25, 0.3) is 0 Å². The number of halogens is 3. The maximum Gasteiger partial charge on any atom is 0.573 e. The smallest absolute Gasteiger partial charge is 0.406 e. The largest absolute Gasteiger partial charge is 0.573 e. The molecular formula is C17H22F3N3O2. The van der Waals surface area contributed by atoms with E-state index >= 15 is 0 Å². The molecule has 1 saturated heterocycles. The van der Waals surface area contributed by atoms with Gasteiger partial charge in [-0.1, -0.05) is 13.8 Å². The Bertz CT molecular complexity index is 644. The van der Waals surface area contributed by atoms with Gasteiger partial charge in [0.1, 0.15) is 5.75 Å². The highest BCUT2D eigenvalue weighted by Crippen LogP contribution is 2.53. The van der Waals surface area contributed by atoms with Crippen LogP contribution in [-0.2, 0) is 4.74 Å². The average molecular weight is 357 g/mol. The predicted molar refractivity (Wildman–Crippen MR) is 88.4 cm³/mol.